The molecule has 3 rings (SSSR count). The molecule has 0 bridgehead atoms. The zero-order chi connectivity index (χ0) is 15.6. The highest BCUT2D eigenvalue weighted by Crippen LogP contribution is 2.35. The van der Waals surface area contributed by atoms with Crippen LogP contribution in [0.15, 0.2) is 11.2 Å². The number of hydrogen-bond acceptors (Lipinski definition) is 3. The van der Waals surface area contributed by atoms with Crippen LogP contribution in [0.3, 0.4) is 0 Å². The average Bonchev–Trinajstić information content (AvgIpc) is 3.07. The molecule has 1 amide bonds. The van der Waals surface area contributed by atoms with Crippen molar-refractivity contribution in [3.8, 4) is 0 Å². The second-order valence-electron chi connectivity index (χ2n) is 6.40. The molecule has 128 valence electrons. The van der Waals surface area contributed by atoms with Crippen LogP contribution < -0.4 is 10.6 Å². The summed E-state index contributed by atoms with van der Waals surface area (Å²) >= 11 is 0. The third-order valence-corrected chi connectivity index (χ3v) is 4.74. The van der Waals surface area contributed by atoms with Crippen molar-refractivity contribution >= 4 is 35.8 Å². The number of aromatic amines is 1. The van der Waals surface area contributed by atoms with Crippen molar-refractivity contribution < 1.29 is 4.79 Å². The number of likely N-dealkylation sites (tertiary alicyclic amines) is 1. The van der Waals surface area contributed by atoms with Gasteiger partial charge in [0, 0.05) is 56.3 Å². The zero-order valence-electron chi connectivity index (χ0n) is 13.7. The topological polar surface area (TPSA) is 85.4 Å². The number of nitrogens with one attached hydrogen (secondary N) is 3. The molecule has 1 aromatic rings. The van der Waals surface area contributed by atoms with E-state index in [4.69, 9.17) is 0 Å². The summed E-state index contributed by atoms with van der Waals surface area (Å²) in [6.45, 7) is 5.38. The van der Waals surface area contributed by atoms with Crippen molar-refractivity contribution in [2.75, 3.05) is 26.7 Å². The van der Waals surface area contributed by atoms with Crippen LogP contribution in [0, 0.1) is 12.3 Å². The molecule has 0 aromatic carbocycles. The molecule has 1 atom stereocenters. The maximum atomic E-state index is 11.6. The molecular formula is C15H25IN6O. The highest BCUT2D eigenvalue weighted by Gasteiger charge is 2.42. The molecular weight excluding hydrogens is 407 g/mol. The monoisotopic (exact) mass is 432 g/mol. The lowest BCUT2D eigenvalue weighted by Crippen LogP contribution is -2.51. The number of amides is 1. The molecule has 7 nitrogen and oxygen atoms in total. The standard InChI is InChI=1S/C15H24N6O.HI/c1-11-12(8-19-20-11)7-17-14(16-2)21-5-3-4-15(10-21)6-13(22)18-9-15;/h8H,3-7,9-10H2,1-2H3,(H,16,17)(H,18,22)(H,19,20);1H. The van der Waals surface area contributed by atoms with Crippen molar-refractivity contribution in [2.45, 2.75) is 32.7 Å². The van der Waals surface area contributed by atoms with Crippen molar-refractivity contribution in [3.05, 3.63) is 17.5 Å². The maximum Gasteiger partial charge on any atom is 0.220 e. The molecule has 8 heteroatoms. The maximum absolute atomic E-state index is 11.6. The molecule has 0 saturated carbocycles. The fourth-order valence-corrected chi connectivity index (χ4v) is 3.49. The Balaban J connectivity index is 0.00000192. The Labute approximate surface area is 153 Å². The predicted octanol–water partition coefficient (Wildman–Crippen LogP) is 1.01. The summed E-state index contributed by atoms with van der Waals surface area (Å²) in [5.74, 6) is 1.08. The Kier molecular flexibility index (Phi) is 5.88. The second-order valence-corrected chi connectivity index (χ2v) is 6.40. The Morgan fingerprint density at radius 2 is 2.39 bits per heavy atom. The van der Waals surface area contributed by atoms with Gasteiger partial charge in [0.05, 0.1) is 6.20 Å². The first-order chi connectivity index (χ1) is 10.6. The summed E-state index contributed by atoms with van der Waals surface area (Å²) in [5.41, 5.74) is 2.30. The van der Waals surface area contributed by atoms with E-state index in [0.717, 1.165) is 49.7 Å². The minimum Gasteiger partial charge on any atom is -0.355 e. The number of halogens is 1. The Morgan fingerprint density at radius 3 is 3.00 bits per heavy atom. The summed E-state index contributed by atoms with van der Waals surface area (Å²) in [6.07, 6.45) is 4.69. The predicted molar refractivity (Wildman–Crippen MR) is 99.8 cm³/mol. The minimum atomic E-state index is 0. The highest BCUT2D eigenvalue weighted by molar-refractivity contribution is 14.0. The molecule has 1 unspecified atom stereocenters. The van der Waals surface area contributed by atoms with Crippen molar-refractivity contribution in [1.82, 2.24) is 25.7 Å². The molecule has 1 aromatic heterocycles. The average molecular weight is 432 g/mol. The van der Waals surface area contributed by atoms with Gasteiger partial charge in [-0.3, -0.25) is 14.9 Å². The molecule has 3 N–H and O–H groups in total. The van der Waals surface area contributed by atoms with Gasteiger partial charge in [0.2, 0.25) is 5.91 Å². The third kappa shape index (κ3) is 3.96. The van der Waals surface area contributed by atoms with E-state index in [2.05, 4.69) is 30.7 Å². The summed E-state index contributed by atoms with van der Waals surface area (Å²) < 4.78 is 0. The van der Waals surface area contributed by atoms with Gasteiger partial charge in [-0.05, 0) is 19.8 Å². The number of aryl methyl sites for hydroxylation is 1. The van der Waals surface area contributed by atoms with Crippen molar-refractivity contribution in [3.63, 3.8) is 0 Å². The van der Waals surface area contributed by atoms with Gasteiger partial charge in [-0.2, -0.15) is 5.10 Å². The minimum absolute atomic E-state index is 0. The summed E-state index contributed by atoms with van der Waals surface area (Å²) in [5, 5.41) is 13.4. The molecule has 3 heterocycles. The number of piperidine rings is 1. The number of aliphatic imine (C=N–C) groups is 1. The van der Waals surface area contributed by atoms with Crippen LogP contribution in [-0.4, -0.2) is 53.6 Å². The van der Waals surface area contributed by atoms with E-state index in [1.807, 2.05) is 20.2 Å². The number of aromatic nitrogens is 2. The van der Waals surface area contributed by atoms with Gasteiger partial charge in [-0.25, -0.2) is 0 Å². The summed E-state index contributed by atoms with van der Waals surface area (Å²) in [6, 6.07) is 0. The van der Waals surface area contributed by atoms with Crippen LogP contribution >= 0.6 is 24.0 Å². The van der Waals surface area contributed by atoms with E-state index < -0.39 is 0 Å². The first-order valence-electron chi connectivity index (χ1n) is 7.83. The second kappa shape index (κ2) is 7.50. The number of nitrogens with zero attached hydrogens (tertiary/aromatic N) is 3. The van der Waals surface area contributed by atoms with Crippen molar-refractivity contribution in [2.24, 2.45) is 10.4 Å². The zero-order valence-corrected chi connectivity index (χ0v) is 16.0. The molecule has 0 aliphatic carbocycles. The lowest BCUT2D eigenvalue weighted by Gasteiger charge is -2.40. The SMILES string of the molecule is CN=C(NCc1cn[nH]c1C)N1CCCC2(CNC(=O)C2)C1.I. The van der Waals surface area contributed by atoms with Crippen LogP contribution in [0.1, 0.15) is 30.5 Å². The van der Waals surface area contributed by atoms with Crippen LogP contribution in [0.25, 0.3) is 0 Å². The van der Waals surface area contributed by atoms with Gasteiger partial charge in [0.25, 0.3) is 0 Å². The number of H-pyrrole nitrogens is 1. The first-order valence-corrected chi connectivity index (χ1v) is 7.83. The molecule has 2 saturated heterocycles. The summed E-state index contributed by atoms with van der Waals surface area (Å²) in [4.78, 5) is 18.3. The molecule has 1 spiro atoms. The van der Waals surface area contributed by atoms with Crippen LogP contribution in [0.5, 0.6) is 0 Å². The normalized spacial score (nSPS) is 24.5. The largest absolute Gasteiger partial charge is 0.355 e. The van der Waals surface area contributed by atoms with E-state index in [9.17, 15) is 4.79 Å². The Morgan fingerprint density at radius 1 is 1.57 bits per heavy atom. The van der Waals surface area contributed by atoms with Gasteiger partial charge in [0.15, 0.2) is 5.96 Å². The van der Waals surface area contributed by atoms with E-state index in [1.165, 1.54) is 0 Å². The lowest BCUT2D eigenvalue weighted by molar-refractivity contribution is -0.119. The molecule has 2 fully saturated rings. The fourth-order valence-electron chi connectivity index (χ4n) is 3.49. The third-order valence-electron chi connectivity index (χ3n) is 4.74. The number of guanidine groups is 1. The molecule has 23 heavy (non-hydrogen) atoms. The molecule has 2 aliphatic rings. The van der Waals surface area contributed by atoms with Crippen LogP contribution in [0.4, 0.5) is 0 Å². The van der Waals surface area contributed by atoms with Crippen LogP contribution in [-0.2, 0) is 11.3 Å². The number of hydrogen-bond donors (Lipinski definition) is 3. The number of rotatable bonds is 2. The van der Waals surface area contributed by atoms with Gasteiger partial charge in [-0.15, -0.1) is 24.0 Å². The molecule has 2 aliphatic heterocycles. The number of carbonyl (C=O) groups excluding carboxylic acids is 1. The van der Waals surface area contributed by atoms with Gasteiger partial charge < -0.3 is 15.5 Å². The van der Waals surface area contributed by atoms with E-state index in [-0.39, 0.29) is 35.3 Å². The van der Waals surface area contributed by atoms with E-state index in [0.29, 0.717) is 13.0 Å². The highest BCUT2D eigenvalue weighted by atomic mass is 127. The quantitative estimate of drug-likeness (QED) is 0.370. The Bertz CT molecular complexity index is 586. The van der Waals surface area contributed by atoms with Gasteiger partial charge >= 0.3 is 0 Å². The van der Waals surface area contributed by atoms with Gasteiger partial charge in [0.1, 0.15) is 0 Å². The van der Waals surface area contributed by atoms with Gasteiger partial charge in [-0.1, -0.05) is 0 Å². The molecule has 0 radical (unpaired) electrons. The first kappa shape index (κ1) is 18.0. The Hall–Kier alpha value is -1.32. The smallest absolute Gasteiger partial charge is 0.220 e. The van der Waals surface area contributed by atoms with Crippen molar-refractivity contribution in [1.29, 1.82) is 0 Å². The van der Waals surface area contributed by atoms with E-state index >= 15 is 0 Å². The summed E-state index contributed by atoms with van der Waals surface area (Å²) in [7, 11) is 1.81. The lowest BCUT2D eigenvalue weighted by atomic mass is 9.79. The van der Waals surface area contributed by atoms with Crippen LogP contribution in [0.2, 0.25) is 0 Å². The van der Waals surface area contributed by atoms with E-state index in [1.54, 1.807) is 0 Å². The fraction of sp³-hybridized carbons (Fsp3) is 0.667. The number of carbonyl (C=O) groups is 1.